The van der Waals surface area contributed by atoms with Crippen LogP contribution in [0.3, 0.4) is 0 Å². The third-order valence-electron chi connectivity index (χ3n) is 6.45. The highest BCUT2D eigenvalue weighted by Crippen LogP contribution is 2.35. The Morgan fingerprint density at radius 3 is 2.45 bits per heavy atom. The van der Waals surface area contributed by atoms with Gasteiger partial charge in [0.05, 0.1) is 0 Å². The van der Waals surface area contributed by atoms with Gasteiger partial charge in [-0.15, -0.1) is 0 Å². The van der Waals surface area contributed by atoms with Gasteiger partial charge in [-0.2, -0.15) is 0 Å². The van der Waals surface area contributed by atoms with Gasteiger partial charge in [-0.25, -0.2) is 0 Å². The van der Waals surface area contributed by atoms with Crippen LogP contribution in [0, 0.1) is 0 Å². The smallest absolute Gasteiger partial charge is 0.127 e. The molecule has 3 N–H and O–H groups in total. The van der Waals surface area contributed by atoms with Gasteiger partial charge in [0, 0.05) is 49.8 Å². The fourth-order valence-corrected chi connectivity index (χ4v) is 4.64. The SMILES string of the molecule is Nc1cccc(-c2ccc(OCC(O)CN3CCN(C4CC4)CC3)c3ccccc23)c1. The molecule has 162 valence electrons. The average Bonchev–Trinajstić information content (AvgIpc) is 3.63. The van der Waals surface area contributed by atoms with E-state index in [0.717, 1.165) is 65.6 Å². The molecule has 0 bridgehead atoms. The molecular formula is C26H31N3O2. The maximum Gasteiger partial charge on any atom is 0.127 e. The Balaban J connectivity index is 1.25. The second kappa shape index (κ2) is 8.87. The predicted molar refractivity (Wildman–Crippen MR) is 126 cm³/mol. The lowest BCUT2D eigenvalue weighted by Crippen LogP contribution is -2.49. The van der Waals surface area contributed by atoms with Crippen LogP contribution >= 0.6 is 0 Å². The number of piperazine rings is 1. The largest absolute Gasteiger partial charge is 0.490 e. The summed E-state index contributed by atoms with van der Waals surface area (Å²) in [5.74, 6) is 0.806. The maximum absolute atomic E-state index is 10.6. The Morgan fingerprint density at radius 2 is 1.71 bits per heavy atom. The van der Waals surface area contributed by atoms with Gasteiger partial charge >= 0.3 is 0 Å². The molecule has 3 aromatic carbocycles. The van der Waals surface area contributed by atoms with E-state index in [1.54, 1.807) is 0 Å². The highest BCUT2D eigenvalue weighted by atomic mass is 16.5. The predicted octanol–water partition coefficient (Wildman–Crippen LogP) is 3.61. The van der Waals surface area contributed by atoms with Crippen molar-refractivity contribution in [1.29, 1.82) is 0 Å². The molecule has 1 aliphatic heterocycles. The van der Waals surface area contributed by atoms with Gasteiger partial charge < -0.3 is 15.6 Å². The minimum Gasteiger partial charge on any atom is -0.490 e. The van der Waals surface area contributed by atoms with Gasteiger partial charge in [-0.3, -0.25) is 9.80 Å². The zero-order valence-electron chi connectivity index (χ0n) is 17.9. The van der Waals surface area contributed by atoms with Crippen LogP contribution in [-0.2, 0) is 0 Å². The van der Waals surface area contributed by atoms with Crippen molar-refractivity contribution in [2.75, 3.05) is 45.1 Å². The Morgan fingerprint density at radius 1 is 0.935 bits per heavy atom. The fourth-order valence-electron chi connectivity index (χ4n) is 4.64. The first-order chi connectivity index (χ1) is 15.2. The van der Waals surface area contributed by atoms with Crippen LogP contribution in [0.5, 0.6) is 5.75 Å². The van der Waals surface area contributed by atoms with Crippen LogP contribution in [0.1, 0.15) is 12.8 Å². The van der Waals surface area contributed by atoms with E-state index in [-0.39, 0.29) is 0 Å². The molecule has 1 aliphatic carbocycles. The van der Waals surface area contributed by atoms with E-state index in [2.05, 4.69) is 34.1 Å². The van der Waals surface area contributed by atoms with Crippen molar-refractivity contribution < 1.29 is 9.84 Å². The van der Waals surface area contributed by atoms with Gasteiger partial charge in [-0.1, -0.05) is 42.5 Å². The zero-order valence-corrected chi connectivity index (χ0v) is 17.9. The fraction of sp³-hybridized carbons (Fsp3) is 0.385. The Hall–Kier alpha value is -2.60. The first-order valence-corrected chi connectivity index (χ1v) is 11.3. The van der Waals surface area contributed by atoms with Crippen molar-refractivity contribution in [3.05, 3.63) is 60.7 Å². The van der Waals surface area contributed by atoms with Crippen LogP contribution < -0.4 is 10.5 Å². The van der Waals surface area contributed by atoms with Gasteiger partial charge in [0.15, 0.2) is 0 Å². The summed E-state index contributed by atoms with van der Waals surface area (Å²) in [5, 5.41) is 12.8. The molecule has 0 spiro atoms. The number of benzene rings is 3. The molecule has 5 heteroatoms. The number of aliphatic hydroxyl groups is 1. The average molecular weight is 418 g/mol. The number of nitrogen functional groups attached to an aromatic ring is 1. The van der Waals surface area contributed by atoms with Crippen molar-refractivity contribution in [1.82, 2.24) is 9.80 Å². The second-order valence-electron chi connectivity index (χ2n) is 8.81. The number of nitrogens with two attached hydrogens (primary N) is 1. The zero-order chi connectivity index (χ0) is 21.2. The van der Waals surface area contributed by atoms with E-state index in [1.807, 2.05) is 36.4 Å². The quantitative estimate of drug-likeness (QED) is 0.575. The minimum atomic E-state index is -0.500. The lowest BCUT2D eigenvalue weighted by atomic mass is 9.97. The Labute approximate surface area is 184 Å². The van der Waals surface area contributed by atoms with Crippen molar-refractivity contribution in [2.24, 2.45) is 0 Å². The summed E-state index contributed by atoms with van der Waals surface area (Å²) >= 11 is 0. The monoisotopic (exact) mass is 417 g/mol. The Bertz CT molecular complexity index is 1040. The molecule has 1 heterocycles. The number of nitrogens with zero attached hydrogens (tertiary/aromatic N) is 2. The van der Waals surface area contributed by atoms with Gasteiger partial charge in [0.2, 0.25) is 0 Å². The van der Waals surface area contributed by atoms with E-state index in [4.69, 9.17) is 10.5 Å². The molecule has 1 saturated heterocycles. The summed E-state index contributed by atoms with van der Waals surface area (Å²) < 4.78 is 6.09. The molecule has 1 saturated carbocycles. The van der Waals surface area contributed by atoms with E-state index in [9.17, 15) is 5.11 Å². The van der Waals surface area contributed by atoms with Gasteiger partial charge in [0.25, 0.3) is 0 Å². The van der Waals surface area contributed by atoms with Crippen LogP contribution in [0.4, 0.5) is 5.69 Å². The van der Waals surface area contributed by atoms with E-state index >= 15 is 0 Å². The highest BCUT2D eigenvalue weighted by molar-refractivity contribution is 6.00. The van der Waals surface area contributed by atoms with Crippen molar-refractivity contribution in [3.8, 4) is 16.9 Å². The minimum absolute atomic E-state index is 0.296. The molecule has 31 heavy (non-hydrogen) atoms. The van der Waals surface area contributed by atoms with Crippen LogP contribution in [0.15, 0.2) is 60.7 Å². The summed E-state index contributed by atoms with van der Waals surface area (Å²) in [4.78, 5) is 4.95. The van der Waals surface area contributed by atoms with Gasteiger partial charge in [-0.05, 0) is 47.6 Å². The second-order valence-corrected chi connectivity index (χ2v) is 8.81. The van der Waals surface area contributed by atoms with Crippen molar-refractivity contribution in [3.63, 3.8) is 0 Å². The number of anilines is 1. The van der Waals surface area contributed by atoms with E-state index in [0.29, 0.717) is 13.2 Å². The summed E-state index contributed by atoms with van der Waals surface area (Å²) in [5.41, 5.74) is 8.97. The standard InChI is InChI=1S/C26H31N3O2/c27-20-5-3-4-19(16-20)23-10-11-26(25-7-2-1-6-24(23)25)31-18-22(30)17-28-12-14-29(15-13-28)21-8-9-21/h1-7,10-11,16,21-22,30H,8-9,12-15,17-18,27H2. The summed E-state index contributed by atoms with van der Waals surface area (Å²) in [7, 11) is 0. The highest BCUT2D eigenvalue weighted by Gasteiger charge is 2.31. The lowest BCUT2D eigenvalue weighted by Gasteiger charge is -2.35. The number of fused-ring (bicyclic) bond motifs is 1. The summed E-state index contributed by atoms with van der Waals surface area (Å²) in [6.07, 6.45) is 2.22. The normalized spacial score (nSPS) is 18.9. The molecular weight excluding hydrogens is 386 g/mol. The number of rotatable bonds is 7. The molecule has 1 atom stereocenters. The molecule has 0 radical (unpaired) electrons. The topological polar surface area (TPSA) is 62.0 Å². The Kier molecular flexibility index (Phi) is 5.81. The molecule has 0 aromatic heterocycles. The lowest BCUT2D eigenvalue weighted by molar-refractivity contribution is 0.0449. The molecule has 3 aromatic rings. The van der Waals surface area contributed by atoms with Crippen LogP contribution in [0.2, 0.25) is 0 Å². The molecule has 2 fully saturated rings. The third-order valence-corrected chi connectivity index (χ3v) is 6.45. The van der Waals surface area contributed by atoms with E-state index < -0.39 is 6.10 Å². The van der Waals surface area contributed by atoms with Crippen LogP contribution in [0.25, 0.3) is 21.9 Å². The van der Waals surface area contributed by atoms with Crippen molar-refractivity contribution in [2.45, 2.75) is 25.0 Å². The number of β-amino-alcohol motifs (C(OH)–C–C–N with tert-alkyl or cyclic N) is 1. The molecule has 2 aliphatic rings. The molecule has 0 amide bonds. The van der Waals surface area contributed by atoms with Crippen LogP contribution in [-0.4, -0.2) is 66.4 Å². The van der Waals surface area contributed by atoms with Crippen molar-refractivity contribution >= 4 is 16.5 Å². The number of hydrogen-bond donors (Lipinski definition) is 2. The van der Waals surface area contributed by atoms with Gasteiger partial charge in [0.1, 0.15) is 18.5 Å². The summed E-state index contributed by atoms with van der Waals surface area (Å²) in [6.45, 7) is 5.27. The summed E-state index contributed by atoms with van der Waals surface area (Å²) in [6, 6.07) is 21.1. The molecule has 1 unspecified atom stereocenters. The van der Waals surface area contributed by atoms with E-state index in [1.165, 1.54) is 12.8 Å². The number of aliphatic hydroxyl groups excluding tert-OH is 1. The third kappa shape index (κ3) is 4.69. The maximum atomic E-state index is 10.6. The molecule has 5 nitrogen and oxygen atoms in total. The first-order valence-electron chi connectivity index (χ1n) is 11.3. The number of hydrogen-bond acceptors (Lipinski definition) is 5. The number of ether oxygens (including phenoxy) is 1. The molecule has 5 rings (SSSR count). The first kappa shape index (κ1) is 20.3.